The minimum absolute atomic E-state index is 0. The van der Waals surface area contributed by atoms with E-state index in [0.717, 1.165) is 57.9 Å². The van der Waals surface area contributed by atoms with Crippen LogP contribution in [-0.4, -0.2) is 58.6 Å². The van der Waals surface area contributed by atoms with Crippen LogP contribution in [-0.2, 0) is 11.2 Å². The second-order valence-corrected chi connectivity index (χ2v) is 6.52. The summed E-state index contributed by atoms with van der Waals surface area (Å²) in [5.41, 5.74) is 0.198. The number of hydrogen-bond acceptors (Lipinski definition) is 6. The van der Waals surface area contributed by atoms with Crippen LogP contribution >= 0.6 is 11.8 Å². The average Bonchev–Trinajstić information content (AvgIpc) is 2.51. The molecule has 1 fully saturated rings. The number of unbranched alkanes of at least 4 members (excludes halogenated alkanes) is 2. The Balaban J connectivity index is 0.00000264. The predicted octanol–water partition coefficient (Wildman–Crippen LogP) is -1.36. The fraction of sp³-hybridized carbons (Fsp3) is 0.733. The van der Waals surface area contributed by atoms with Gasteiger partial charge in [-0.25, -0.2) is 0 Å². The number of aromatic nitrogens is 2. The van der Waals surface area contributed by atoms with Gasteiger partial charge in [0.15, 0.2) is 5.16 Å². The van der Waals surface area contributed by atoms with E-state index in [1.807, 2.05) is 0 Å². The van der Waals surface area contributed by atoms with Crippen molar-refractivity contribution in [1.82, 2.24) is 14.9 Å². The molecule has 6 nitrogen and oxygen atoms in total. The van der Waals surface area contributed by atoms with Gasteiger partial charge < -0.3 is 27.2 Å². The molecular weight excluding hydrogens is 338 g/mol. The molecule has 8 heteroatoms. The topological polar surface area (TPSA) is 78.5 Å². The number of hydrogen-bond donors (Lipinski definition) is 2. The van der Waals surface area contributed by atoms with E-state index >= 15 is 0 Å². The molecule has 0 atom stereocenters. The molecule has 0 aliphatic carbocycles. The maximum atomic E-state index is 12.0. The normalized spacial score (nSPS) is 15.3. The highest BCUT2D eigenvalue weighted by atomic mass is 35.5. The first kappa shape index (κ1) is 20.3. The number of halogens is 1. The third-order valence-electron chi connectivity index (χ3n) is 3.75. The Labute approximate surface area is 147 Å². The Kier molecular flexibility index (Phi) is 9.62. The van der Waals surface area contributed by atoms with Crippen LogP contribution in [0.25, 0.3) is 0 Å². The lowest BCUT2D eigenvalue weighted by Crippen LogP contribution is -3.00. The van der Waals surface area contributed by atoms with Crippen molar-refractivity contribution in [2.24, 2.45) is 0 Å². The van der Waals surface area contributed by atoms with Crippen molar-refractivity contribution in [3.8, 4) is 5.88 Å². The van der Waals surface area contributed by atoms with Crippen molar-refractivity contribution in [1.29, 1.82) is 0 Å². The lowest BCUT2D eigenvalue weighted by molar-refractivity contribution is -0.00000733. The number of ether oxygens (including phenoxy) is 1. The van der Waals surface area contributed by atoms with E-state index in [1.165, 1.54) is 11.8 Å². The number of aromatic amines is 1. The number of rotatable bonds is 8. The van der Waals surface area contributed by atoms with Crippen molar-refractivity contribution in [2.45, 2.75) is 37.8 Å². The summed E-state index contributed by atoms with van der Waals surface area (Å²) >= 11 is 1.47. The summed E-state index contributed by atoms with van der Waals surface area (Å²) in [6, 6.07) is 0. The lowest BCUT2D eigenvalue weighted by Gasteiger charge is -2.26. The molecule has 1 aliphatic rings. The van der Waals surface area contributed by atoms with Crippen LogP contribution in [0.4, 0.5) is 0 Å². The van der Waals surface area contributed by atoms with Gasteiger partial charge in [0.1, 0.15) is 0 Å². The van der Waals surface area contributed by atoms with Crippen LogP contribution in [0.5, 0.6) is 5.88 Å². The largest absolute Gasteiger partial charge is 1.00 e. The first-order valence-electron chi connectivity index (χ1n) is 7.95. The van der Waals surface area contributed by atoms with Gasteiger partial charge in [0.25, 0.3) is 5.56 Å². The molecule has 132 valence electrons. The second kappa shape index (κ2) is 10.9. The fourth-order valence-electron chi connectivity index (χ4n) is 2.41. The highest BCUT2D eigenvalue weighted by Gasteiger charge is 2.12. The Hall–Kier alpha value is -0.760. The minimum atomic E-state index is -0.211. The van der Waals surface area contributed by atoms with Crippen LogP contribution in [0.1, 0.15) is 31.7 Å². The number of aromatic hydroxyl groups is 1. The van der Waals surface area contributed by atoms with Gasteiger partial charge in [0.05, 0.1) is 18.8 Å². The molecule has 23 heavy (non-hydrogen) atoms. The smallest absolute Gasteiger partial charge is 0.258 e. The second-order valence-electron chi connectivity index (χ2n) is 5.43. The number of nitrogens with zero attached hydrogens (tertiary/aromatic N) is 2. The van der Waals surface area contributed by atoms with Gasteiger partial charge in [-0.15, -0.1) is 0 Å². The number of morpholine rings is 1. The lowest BCUT2D eigenvalue weighted by atomic mass is 10.1. The first-order chi connectivity index (χ1) is 10.7. The van der Waals surface area contributed by atoms with Gasteiger partial charge >= 0.3 is 0 Å². The van der Waals surface area contributed by atoms with Crippen molar-refractivity contribution < 1.29 is 22.3 Å². The summed E-state index contributed by atoms with van der Waals surface area (Å²) in [7, 11) is 0. The van der Waals surface area contributed by atoms with E-state index in [1.54, 1.807) is 0 Å². The van der Waals surface area contributed by atoms with Gasteiger partial charge in [-0.1, -0.05) is 31.5 Å². The zero-order valence-corrected chi connectivity index (χ0v) is 15.1. The van der Waals surface area contributed by atoms with E-state index in [0.29, 0.717) is 17.1 Å². The maximum Gasteiger partial charge on any atom is 0.258 e. The van der Waals surface area contributed by atoms with E-state index in [-0.39, 0.29) is 23.8 Å². The Bertz CT molecular complexity index is 521. The molecule has 0 saturated carbocycles. The van der Waals surface area contributed by atoms with E-state index in [9.17, 15) is 9.90 Å². The van der Waals surface area contributed by atoms with Crippen LogP contribution in [0.15, 0.2) is 9.95 Å². The van der Waals surface area contributed by atoms with E-state index in [2.05, 4.69) is 21.8 Å². The maximum absolute atomic E-state index is 12.0. The Morgan fingerprint density at radius 1 is 1.35 bits per heavy atom. The van der Waals surface area contributed by atoms with Crippen molar-refractivity contribution >= 4 is 11.8 Å². The molecule has 2 rings (SSSR count). The van der Waals surface area contributed by atoms with E-state index < -0.39 is 0 Å². The molecule has 0 aromatic carbocycles. The van der Waals surface area contributed by atoms with Gasteiger partial charge in [0.2, 0.25) is 5.88 Å². The zero-order chi connectivity index (χ0) is 15.8. The van der Waals surface area contributed by atoms with E-state index in [4.69, 9.17) is 4.74 Å². The summed E-state index contributed by atoms with van der Waals surface area (Å²) in [6.07, 6.45) is 3.62. The Morgan fingerprint density at radius 3 is 2.74 bits per heavy atom. The van der Waals surface area contributed by atoms with Crippen molar-refractivity contribution in [3.05, 3.63) is 15.9 Å². The molecule has 2 heterocycles. The third-order valence-corrected chi connectivity index (χ3v) is 4.61. The number of thioether (sulfide) groups is 1. The average molecular weight is 363 g/mol. The molecule has 0 spiro atoms. The quantitative estimate of drug-likeness (QED) is 0.338. The number of nitrogens with one attached hydrogen (secondary N) is 1. The highest BCUT2D eigenvalue weighted by Crippen LogP contribution is 2.18. The molecule has 2 N–H and O–H groups in total. The molecule has 1 aliphatic heterocycles. The molecular formula is C15H25ClN3O3S-. The third kappa shape index (κ3) is 6.71. The minimum Gasteiger partial charge on any atom is -1.00 e. The summed E-state index contributed by atoms with van der Waals surface area (Å²) in [6.45, 7) is 6.51. The molecule has 0 amide bonds. The van der Waals surface area contributed by atoms with Gasteiger partial charge in [-0.3, -0.25) is 9.69 Å². The standard InChI is InChI=1S/C15H25N3O3S.ClH/c1-2-3-4-5-12-13(19)16-15(17-14(12)20)22-11-8-18-6-9-21-10-7-18;/h2-11H2,1H3,(H2,16,17,19,20);1H/p-1. The van der Waals surface area contributed by atoms with Crippen molar-refractivity contribution in [2.75, 3.05) is 38.6 Å². The van der Waals surface area contributed by atoms with Gasteiger partial charge in [-0.05, 0) is 12.8 Å². The molecule has 0 unspecified atom stereocenters. The van der Waals surface area contributed by atoms with Crippen LogP contribution in [0, 0.1) is 0 Å². The predicted molar refractivity (Wildman–Crippen MR) is 87.7 cm³/mol. The molecule has 1 aromatic rings. The summed E-state index contributed by atoms with van der Waals surface area (Å²) in [4.78, 5) is 21.2. The number of H-pyrrole nitrogens is 1. The van der Waals surface area contributed by atoms with Crippen LogP contribution in [0.3, 0.4) is 0 Å². The monoisotopic (exact) mass is 362 g/mol. The SMILES string of the molecule is CCCCCc1c(O)nc(SCCN2CCOCC2)[nH]c1=O.[Cl-]. The van der Waals surface area contributed by atoms with Gasteiger partial charge in [-0.2, -0.15) is 4.98 Å². The summed E-state index contributed by atoms with van der Waals surface area (Å²) in [5.74, 6) is 0.714. The fourth-order valence-corrected chi connectivity index (χ4v) is 3.27. The molecule has 1 aromatic heterocycles. The van der Waals surface area contributed by atoms with Crippen LogP contribution < -0.4 is 18.0 Å². The Morgan fingerprint density at radius 2 is 2.09 bits per heavy atom. The van der Waals surface area contributed by atoms with Gasteiger partial charge in [0, 0.05) is 25.4 Å². The molecule has 0 radical (unpaired) electrons. The van der Waals surface area contributed by atoms with Crippen LogP contribution in [0.2, 0.25) is 0 Å². The first-order valence-corrected chi connectivity index (χ1v) is 8.94. The summed E-state index contributed by atoms with van der Waals surface area (Å²) < 4.78 is 5.31. The summed E-state index contributed by atoms with van der Waals surface area (Å²) in [5, 5.41) is 10.4. The highest BCUT2D eigenvalue weighted by molar-refractivity contribution is 7.99. The zero-order valence-electron chi connectivity index (χ0n) is 13.5. The van der Waals surface area contributed by atoms with Crippen molar-refractivity contribution in [3.63, 3.8) is 0 Å². The molecule has 1 saturated heterocycles. The molecule has 0 bridgehead atoms.